The fraction of sp³-hybridized carbons (Fsp3) is 0.450. The molecule has 1 aromatic carbocycles. The Labute approximate surface area is 164 Å². The van der Waals surface area contributed by atoms with Crippen molar-refractivity contribution < 1.29 is 14.7 Å². The first-order valence-corrected chi connectivity index (χ1v) is 9.97. The topological polar surface area (TPSA) is 60.4 Å². The van der Waals surface area contributed by atoms with Gasteiger partial charge >= 0.3 is 0 Å². The molecule has 1 fully saturated rings. The van der Waals surface area contributed by atoms with Gasteiger partial charge in [-0.3, -0.25) is 9.69 Å². The zero-order chi connectivity index (χ0) is 19.3. The Morgan fingerprint density at radius 3 is 2.42 bits per heavy atom. The molecular weight excluding hydrogens is 366 g/mol. The number of thiocarbonyl (C=S) groups is 1. The molecule has 140 valence electrons. The first-order chi connectivity index (χ1) is 12.2. The average molecular weight is 391 g/mol. The van der Waals surface area contributed by atoms with E-state index in [4.69, 9.17) is 12.2 Å². The molecule has 0 aliphatic carbocycles. The van der Waals surface area contributed by atoms with Crippen molar-refractivity contribution in [1.29, 1.82) is 0 Å². The minimum absolute atomic E-state index is 0.0584. The van der Waals surface area contributed by atoms with Crippen molar-refractivity contribution in [2.75, 3.05) is 6.54 Å². The fourth-order valence-electron chi connectivity index (χ4n) is 2.64. The average Bonchev–Trinajstić information content (AvgIpc) is 2.81. The molecule has 0 saturated carbocycles. The zero-order valence-electron chi connectivity index (χ0n) is 15.4. The number of hydrogen-bond acceptors (Lipinski definition) is 5. The van der Waals surface area contributed by atoms with Crippen LogP contribution in [0.15, 0.2) is 29.2 Å². The zero-order valence-corrected chi connectivity index (χ0v) is 17.0. The predicted octanol–water partition coefficient (Wildman–Crippen LogP) is 3.50. The number of unbranched alkanes of at least 4 members (excludes halogenated alkanes) is 2. The lowest BCUT2D eigenvalue weighted by molar-refractivity contribution is -0.305. The Morgan fingerprint density at radius 1 is 1.19 bits per heavy atom. The summed E-state index contributed by atoms with van der Waals surface area (Å²) in [5, 5.41) is 10.4. The molecule has 1 amide bonds. The fourth-order valence-corrected chi connectivity index (χ4v) is 3.95. The summed E-state index contributed by atoms with van der Waals surface area (Å²) in [4.78, 5) is 25.2. The minimum Gasteiger partial charge on any atom is -0.550 e. The minimum atomic E-state index is -1.03. The van der Waals surface area contributed by atoms with E-state index in [1.54, 1.807) is 4.90 Å². The molecule has 1 aromatic rings. The molecule has 1 aliphatic heterocycles. The van der Waals surface area contributed by atoms with Crippen LogP contribution in [0, 0.1) is 0 Å². The summed E-state index contributed by atoms with van der Waals surface area (Å²) >= 11 is 6.64. The summed E-state index contributed by atoms with van der Waals surface area (Å²) in [7, 11) is 0. The van der Waals surface area contributed by atoms with Crippen LogP contribution in [0.3, 0.4) is 0 Å². The Balaban J connectivity index is 1.97. The maximum Gasteiger partial charge on any atom is 0.266 e. The van der Waals surface area contributed by atoms with Crippen LogP contribution in [0.25, 0.3) is 6.08 Å². The van der Waals surface area contributed by atoms with Gasteiger partial charge in [0.25, 0.3) is 5.91 Å². The van der Waals surface area contributed by atoms with Gasteiger partial charge in [0.2, 0.25) is 0 Å². The number of benzene rings is 1. The molecule has 0 unspecified atom stereocenters. The number of nitrogens with zero attached hydrogens (tertiary/aromatic N) is 1. The number of amides is 1. The second-order valence-electron chi connectivity index (χ2n) is 7.39. The largest absolute Gasteiger partial charge is 0.550 e. The van der Waals surface area contributed by atoms with E-state index < -0.39 is 5.97 Å². The molecule has 1 aliphatic rings. The third kappa shape index (κ3) is 5.68. The van der Waals surface area contributed by atoms with Crippen molar-refractivity contribution in [3.63, 3.8) is 0 Å². The van der Waals surface area contributed by atoms with Gasteiger partial charge in [0.05, 0.1) is 4.91 Å². The van der Waals surface area contributed by atoms with Crippen molar-refractivity contribution in [1.82, 2.24) is 4.90 Å². The van der Waals surface area contributed by atoms with Crippen molar-refractivity contribution in [2.24, 2.45) is 0 Å². The monoisotopic (exact) mass is 390 g/mol. The van der Waals surface area contributed by atoms with Gasteiger partial charge in [-0.05, 0) is 41.9 Å². The number of carboxylic acids is 1. The summed E-state index contributed by atoms with van der Waals surface area (Å²) in [6.07, 6.45) is 3.96. The molecule has 1 saturated heterocycles. The SMILES string of the molecule is CC(C)(C)c1ccc(/C=C2/SC(=S)N(CCCCCC(=O)[O-])C2=O)cc1. The Kier molecular flexibility index (Phi) is 7.01. The van der Waals surface area contributed by atoms with Gasteiger partial charge in [-0.2, -0.15) is 0 Å². The van der Waals surface area contributed by atoms with E-state index in [1.165, 1.54) is 17.3 Å². The van der Waals surface area contributed by atoms with E-state index in [2.05, 4.69) is 32.9 Å². The molecule has 0 N–H and O–H groups in total. The number of carboxylic acid groups (broad SMARTS) is 1. The number of rotatable bonds is 7. The number of carbonyl (C=O) groups excluding carboxylic acids is 2. The molecule has 0 atom stereocenters. The summed E-state index contributed by atoms with van der Waals surface area (Å²) < 4.78 is 0.562. The third-order valence-corrected chi connectivity index (χ3v) is 5.59. The maximum absolute atomic E-state index is 12.6. The van der Waals surface area contributed by atoms with E-state index in [1.807, 2.05) is 18.2 Å². The Morgan fingerprint density at radius 2 is 1.85 bits per heavy atom. The van der Waals surface area contributed by atoms with Gasteiger partial charge in [0.1, 0.15) is 4.32 Å². The third-order valence-electron chi connectivity index (χ3n) is 4.21. The van der Waals surface area contributed by atoms with Gasteiger partial charge in [-0.25, -0.2) is 0 Å². The van der Waals surface area contributed by atoms with Crippen LogP contribution in [0.1, 0.15) is 57.6 Å². The smallest absolute Gasteiger partial charge is 0.266 e. The van der Waals surface area contributed by atoms with Crippen molar-refractivity contribution >= 4 is 46.3 Å². The summed E-state index contributed by atoms with van der Waals surface area (Å²) in [6.45, 7) is 7.03. The second kappa shape index (κ2) is 8.82. The number of thioether (sulfide) groups is 1. The van der Waals surface area contributed by atoms with Gasteiger partial charge in [0, 0.05) is 12.5 Å². The Hall–Kier alpha value is -1.66. The Bertz CT molecular complexity index is 718. The lowest BCUT2D eigenvalue weighted by Crippen LogP contribution is -2.29. The first-order valence-electron chi connectivity index (χ1n) is 8.74. The second-order valence-corrected chi connectivity index (χ2v) is 9.06. The van der Waals surface area contributed by atoms with Crippen LogP contribution in [-0.4, -0.2) is 27.6 Å². The van der Waals surface area contributed by atoms with E-state index in [-0.39, 0.29) is 17.7 Å². The van der Waals surface area contributed by atoms with Gasteiger partial charge in [-0.1, -0.05) is 75.4 Å². The summed E-state index contributed by atoms with van der Waals surface area (Å²) in [5.74, 6) is -1.10. The molecule has 6 heteroatoms. The van der Waals surface area contributed by atoms with Crippen LogP contribution >= 0.6 is 24.0 Å². The first kappa shape index (κ1) is 20.6. The molecule has 4 nitrogen and oxygen atoms in total. The molecular formula is C20H24NO3S2-. The van der Waals surface area contributed by atoms with Crippen LogP contribution in [-0.2, 0) is 15.0 Å². The highest BCUT2D eigenvalue weighted by Gasteiger charge is 2.31. The van der Waals surface area contributed by atoms with Crippen LogP contribution in [0.4, 0.5) is 0 Å². The van der Waals surface area contributed by atoms with Crippen LogP contribution in [0.2, 0.25) is 0 Å². The molecule has 0 spiro atoms. The highest BCUT2D eigenvalue weighted by atomic mass is 32.2. The van der Waals surface area contributed by atoms with Crippen molar-refractivity contribution in [2.45, 2.75) is 51.9 Å². The van der Waals surface area contributed by atoms with Crippen LogP contribution < -0.4 is 5.11 Å². The highest BCUT2D eigenvalue weighted by Crippen LogP contribution is 2.33. The molecule has 0 radical (unpaired) electrons. The summed E-state index contributed by atoms with van der Waals surface area (Å²) in [5.41, 5.74) is 2.32. The highest BCUT2D eigenvalue weighted by molar-refractivity contribution is 8.26. The molecule has 0 aromatic heterocycles. The molecule has 1 heterocycles. The summed E-state index contributed by atoms with van der Waals surface area (Å²) in [6, 6.07) is 8.22. The van der Waals surface area contributed by atoms with E-state index in [9.17, 15) is 14.7 Å². The van der Waals surface area contributed by atoms with E-state index >= 15 is 0 Å². The molecule has 26 heavy (non-hydrogen) atoms. The number of aliphatic carboxylic acids is 1. The number of carbonyl (C=O) groups is 2. The predicted molar refractivity (Wildman–Crippen MR) is 108 cm³/mol. The van der Waals surface area contributed by atoms with Crippen molar-refractivity contribution in [3.8, 4) is 0 Å². The van der Waals surface area contributed by atoms with E-state index in [0.717, 1.165) is 18.4 Å². The molecule has 2 rings (SSSR count). The maximum atomic E-state index is 12.6. The van der Waals surface area contributed by atoms with Crippen LogP contribution in [0.5, 0.6) is 0 Å². The van der Waals surface area contributed by atoms with Gasteiger partial charge in [0.15, 0.2) is 0 Å². The van der Waals surface area contributed by atoms with Gasteiger partial charge < -0.3 is 9.90 Å². The number of hydrogen-bond donors (Lipinski definition) is 0. The van der Waals surface area contributed by atoms with Crippen molar-refractivity contribution in [3.05, 3.63) is 40.3 Å². The normalized spacial score (nSPS) is 16.6. The lowest BCUT2D eigenvalue weighted by atomic mass is 9.87. The lowest BCUT2D eigenvalue weighted by Gasteiger charge is -2.18. The van der Waals surface area contributed by atoms with E-state index in [0.29, 0.717) is 22.2 Å². The van der Waals surface area contributed by atoms with Gasteiger partial charge in [-0.15, -0.1) is 0 Å². The molecule has 0 bridgehead atoms. The quantitative estimate of drug-likeness (QED) is 0.405. The standard InChI is InChI=1S/C20H25NO3S2/c1-20(2,3)15-10-8-14(9-11-15)13-16-18(24)21(19(25)26-16)12-6-4-5-7-17(22)23/h8-11,13H,4-7,12H2,1-3H3,(H,22,23)/p-1/b16-13+.